The van der Waals surface area contributed by atoms with Crippen molar-refractivity contribution in [3.8, 4) is 0 Å². The SMILES string of the molecule is CCCC[Si](C)(C)C(O)C(N)C(O)[Si](C)(C)CCCC. The average molecular weight is 320 g/mol. The van der Waals surface area contributed by atoms with E-state index < -0.39 is 33.6 Å². The average Bonchev–Trinajstić information content (AvgIpc) is 2.40. The maximum atomic E-state index is 10.6. The largest absolute Gasteiger partial charge is 0.395 e. The van der Waals surface area contributed by atoms with E-state index in [1.165, 1.54) is 0 Å². The topological polar surface area (TPSA) is 66.5 Å². The molecule has 2 atom stereocenters. The van der Waals surface area contributed by atoms with Crippen LogP contribution in [0.25, 0.3) is 0 Å². The molecule has 20 heavy (non-hydrogen) atoms. The third-order valence-electron chi connectivity index (χ3n) is 4.68. The Kier molecular flexibility index (Phi) is 8.82. The van der Waals surface area contributed by atoms with Crippen LogP contribution in [0.3, 0.4) is 0 Å². The standard InChI is InChI=1S/C15H37NO2Si2/c1-7-9-11-19(3,4)14(17)13(16)15(18)20(5,6)12-10-8-2/h13-15,17-18H,7-12,16H2,1-6H3. The van der Waals surface area contributed by atoms with Crippen molar-refractivity contribution in [2.45, 2.75) is 95.3 Å². The second-order valence-corrected chi connectivity index (χ2v) is 17.8. The zero-order valence-corrected chi connectivity index (χ0v) is 16.4. The van der Waals surface area contributed by atoms with E-state index in [1.54, 1.807) is 0 Å². The molecule has 0 heterocycles. The van der Waals surface area contributed by atoms with Gasteiger partial charge in [-0.3, -0.25) is 0 Å². The summed E-state index contributed by atoms with van der Waals surface area (Å²) < 4.78 is 0. The van der Waals surface area contributed by atoms with Gasteiger partial charge in [0, 0.05) is 0 Å². The lowest BCUT2D eigenvalue weighted by atomic mass is 10.3. The van der Waals surface area contributed by atoms with Crippen molar-refractivity contribution in [1.82, 2.24) is 0 Å². The molecular formula is C15H37NO2Si2. The van der Waals surface area contributed by atoms with Crippen LogP contribution >= 0.6 is 0 Å². The van der Waals surface area contributed by atoms with Crippen molar-refractivity contribution in [3.05, 3.63) is 0 Å². The fourth-order valence-electron chi connectivity index (χ4n) is 2.78. The van der Waals surface area contributed by atoms with Crippen LogP contribution in [0.15, 0.2) is 0 Å². The van der Waals surface area contributed by atoms with Crippen LogP contribution < -0.4 is 5.73 Å². The molecule has 0 aliphatic heterocycles. The molecule has 0 saturated carbocycles. The van der Waals surface area contributed by atoms with Crippen molar-refractivity contribution < 1.29 is 10.2 Å². The first kappa shape index (κ1) is 20.3. The number of rotatable bonds is 10. The van der Waals surface area contributed by atoms with Crippen LogP contribution in [-0.4, -0.2) is 43.9 Å². The predicted molar refractivity (Wildman–Crippen MR) is 94.4 cm³/mol. The van der Waals surface area contributed by atoms with E-state index in [1.807, 2.05) is 0 Å². The van der Waals surface area contributed by atoms with Gasteiger partial charge in [0.05, 0.1) is 33.6 Å². The summed E-state index contributed by atoms with van der Waals surface area (Å²) in [6.45, 7) is 13.1. The zero-order chi connectivity index (χ0) is 16.0. The molecule has 0 bridgehead atoms. The molecule has 4 N–H and O–H groups in total. The summed E-state index contributed by atoms with van der Waals surface area (Å²) >= 11 is 0. The van der Waals surface area contributed by atoms with Crippen LogP contribution in [0.1, 0.15) is 39.5 Å². The second-order valence-electron chi connectivity index (χ2n) is 7.65. The number of aliphatic hydroxyl groups excluding tert-OH is 2. The normalized spacial score (nSPS) is 17.9. The van der Waals surface area contributed by atoms with Gasteiger partial charge in [-0.25, -0.2) is 0 Å². The summed E-state index contributed by atoms with van der Waals surface area (Å²) in [7, 11) is -3.54. The van der Waals surface area contributed by atoms with Gasteiger partial charge in [0.1, 0.15) is 0 Å². The van der Waals surface area contributed by atoms with Gasteiger partial charge >= 0.3 is 0 Å². The summed E-state index contributed by atoms with van der Waals surface area (Å²) in [4.78, 5) is 0. The minimum absolute atomic E-state index is 0.466. The van der Waals surface area contributed by atoms with Gasteiger partial charge < -0.3 is 15.9 Å². The van der Waals surface area contributed by atoms with E-state index in [4.69, 9.17) is 5.73 Å². The Bertz CT molecular complexity index is 247. The van der Waals surface area contributed by atoms with Crippen molar-refractivity contribution in [2.75, 3.05) is 0 Å². The van der Waals surface area contributed by atoms with Gasteiger partial charge in [0.15, 0.2) is 0 Å². The lowest BCUT2D eigenvalue weighted by molar-refractivity contribution is 0.129. The van der Waals surface area contributed by atoms with Crippen molar-refractivity contribution in [1.29, 1.82) is 0 Å². The number of hydrogen-bond donors (Lipinski definition) is 3. The van der Waals surface area contributed by atoms with E-state index >= 15 is 0 Å². The molecule has 0 aromatic heterocycles. The molecule has 0 spiro atoms. The maximum absolute atomic E-state index is 10.6. The third kappa shape index (κ3) is 5.97. The summed E-state index contributed by atoms with van der Waals surface area (Å²) in [6.07, 6.45) is 4.60. The predicted octanol–water partition coefficient (Wildman–Crippen LogP) is 3.13. The summed E-state index contributed by atoms with van der Waals surface area (Å²) in [6, 6.07) is 1.70. The minimum Gasteiger partial charge on any atom is -0.395 e. The molecule has 0 saturated heterocycles. The highest BCUT2D eigenvalue weighted by Gasteiger charge is 2.42. The Morgan fingerprint density at radius 3 is 1.35 bits per heavy atom. The summed E-state index contributed by atoms with van der Waals surface area (Å²) in [5.41, 5.74) is 5.24. The highest BCUT2D eigenvalue weighted by atomic mass is 28.3. The molecule has 3 nitrogen and oxygen atoms in total. The fraction of sp³-hybridized carbons (Fsp3) is 1.00. The molecule has 0 aliphatic carbocycles. The van der Waals surface area contributed by atoms with E-state index in [2.05, 4.69) is 40.0 Å². The number of unbranched alkanes of at least 4 members (excludes halogenated alkanes) is 2. The molecule has 122 valence electrons. The molecule has 0 radical (unpaired) electrons. The Labute approximate surface area is 128 Å². The highest BCUT2D eigenvalue weighted by molar-refractivity contribution is 6.80. The van der Waals surface area contributed by atoms with Crippen molar-refractivity contribution in [2.24, 2.45) is 5.73 Å². The molecule has 2 unspecified atom stereocenters. The molecular weight excluding hydrogens is 282 g/mol. The molecule has 0 amide bonds. The lowest BCUT2D eigenvalue weighted by Gasteiger charge is -2.40. The minimum atomic E-state index is -1.77. The monoisotopic (exact) mass is 319 g/mol. The van der Waals surface area contributed by atoms with Crippen molar-refractivity contribution >= 4 is 16.1 Å². The van der Waals surface area contributed by atoms with Gasteiger partial charge in [-0.15, -0.1) is 0 Å². The van der Waals surface area contributed by atoms with Gasteiger partial charge in [-0.1, -0.05) is 77.8 Å². The lowest BCUT2D eigenvalue weighted by Crippen LogP contribution is -2.63. The van der Waals surface area contributed by atoms with Gasteiger partial charge in [-0.05, 0) is 0 Å². The molecule has 5 heteroatoms. The Balaban J connectivity index is 4.73. The van der Waals surface area contributed by atoms with E-state index in [-0.39, 0.29) is 0 Å². The van der Waals surface area contributed by atoms with Crippen LogP contribution in [0.2, 0.25) is 38.3 Å². The first-order valence-corrected chi connectivity index (χ1v) is 14.8. The third-order valence-corrected chi connectivity index (χ3v) is 11.9. The molecule has 0 aromatic carbocycles. The summed E-state index contributed by atoms with van der Waals surface area (Å²) in [5.74, 6) is 0. The highest BCUT2D eigenvalue weighted by Crippen LogP contribution is 2.25. The number of hydrogen-bond acceptors (Lipinski definition) is 3. The van der Waals surface area contributed by atoms with Crippen LogP contribution in [0, 0.1) is 0 Å². The van der Waals surface area contributed by atoms with Crippen molar-refractivity contribution in [3.63, 3.8) is 0 Å². The number of aliphatic hydroxyl groups is 2. The summed E-state index contributed by atoms with van der Waals surface area (Å²) in [5, 5.41) is 21.3. The Hall–Kier alpha value is 0.314. The van der Waals surface area contributed by atoms with Gasteiger partial charge in [0.2, 0.25) is 0 Å². The van der Waals surface area contributed by atoms with Crippen LogP contribution in [-0.2, 0) is 0 Å². The molecule has 0 rings (SSSR count). The van der Waals surface area contributed by atoms with E-state index in [0.29, 0.717) is 0 Å². The maximum Gasteiger partial charge on any atom is 0.0833 e. The van der Waals surface area contributed by atoms with E-state index in [9.17, 15) is 10.2 Å². The van der Waals surface area contributed by atoms with E-state index in [0.717, 1.165) is 37.8 Å². The quantitative estimate of drug-likeness (QED) is 0.542. The smallest absolute Gasteiger partial charge is 0.0833 e. The number of nitrogens with two attached hydrogens (primary N) is 1. The van der Waals surface area contributed by atoms with Crippen LogP contribution in [0.4, 0.5) is 0 Å². The fourth-order valence-corrected chi connectivity index (χ4v) is 8.54. The molecule has 0 aromatic rings. The van der Waals surface area contributed by atoms with Gasteiger partial charge in [0.25, 0.3) is 0 Å². The molecule has 0 fully saturated rings. The molecule has 0 aliphatic rings. The Morgan fingerprint density at radius 1 is 0.800 bits per heavy atom. The second kappa shape index (κ2) is 8.68. The first-order chi connectivity index (χ1) is 9.10. The Morgan fingerprint density at radius 2 is 1.10 bits per heavy atom. The van der Waals surface area contributed by atoms with Crippen LogP contribution in [0.5, 0.6) is 0 Å². The van der Waals surface area contributed by atoms with Gasteiger partial charge in [-0.2, -0.15) is 0 Å². The zero-order valence-electron chi connectivity index (χ0n) is 14.4. The first-order valence-electron chi connectivity index (χ1n) is 8.22.